The van der Waals surface area contributed by atoms with Crippen molar-refractivity contribution in [3.05, 3.63) is 107 Å². The molecule has 10 heteroatoms. The average Bonchev–Trinajstić information content (AvgIpc) is 3.58. The third-order valence-corrected chi connectivity index (χ3v) is 6.73. The van der Waals surface area contributed by atoms with Gasteiger partial charge in [0, 0.05) is 23.9 Å². The largest absolute Gasteiger partial charge is 0.480 e. The van der Waals surface area contributed by atoms with E-state index in [0.29, 0.717) is 35.6 Å². The minimum atomic E-state index is -1.15. The van der Waals surface area contributed by atoms with Gasteiger partial charge in [-0.25, -0.2) is 19.2 Å². The fourth-order valence-electron chi connectivity index (χ4n) is 4.69. The third kappa shape index (κ3) is 5.85. The molecular formula is C30H29FN6O3. The number of para-hydroxylation sites is 2. The summed E-state index contributed by atoms with van der Waals surface area (Å²) < 4.78 is 15.7. The van der Waals surface area contributed by atoms with Crippen molar-refractivity contribution in [2.75, 3.05) is 5.32 Å². The highest BCUT2D eigenvalue weighted by molar-refractivity contribution is 5.99. The van der Waals surface area contributed by atoms with Crippen molar-refractivity contribution in [3.63, 3.8) is 0 Å². The number of benzene rings is 3. The molecule has 9 nitrogen and oxygen atoms in total. The number of rotatable bonds is 10. The van der Waals surface area contributed by atoms with E-state index in [0.717, 1.165) is 28.0 Å². The number of imidazole rings is 2. The zero-order valence-electron chi connectivity index (χ0n) is 22.1. The first-order valence-electron chi connectivity index (χ1n) is 12.9. The van der Waals surface area contributed by atoms with Gasteiger partial charge in [-0.3, -0.25) is 4.79 Å². The summed E-state index contributed by atoms with van der Waals surface area (Å²) >= 11 is 0. The number of nitrogens with zero attached hydrogens (tertiary/aromatic N) is 3. The Morgan fingerprint density at radius 3 is 2.62 bits per heavy atom. The summed E-state index contributed by atoms with van der Waals surface area (Å²) in [6.45, 7) is 3.95. The van der Waals surface area contributed by atoms with Gasteiger partial charge in [-0.05, 0) is 66.4 Å². The molecule has 0 radical (unpaired) electrons. The molecular weight excluding hydrogens is 511 g/mol. The number of carboxylic acid groups (broad SMARTS) is 1. The summed E-state index contributed by atoms with van der Waals surface area (Å²) in [7, 11) is 0. The van der Waals surface area contributed by atoms with E-state index in [1.807, 2.05) is 66.2 Å². The number of aryl methyl sites for hydroxylation is 2. The van der Waals surface area contributed by atoms with Gasteiger partial charge in [0.2, 0.25) is 5.95 Å². The second kappa shape index (κ2) is 11.4. The number of nitrogens with one attached hydrogen (secondary N) is 3. The molecule has 1 atom stereocenters. The number of carbonyl (C=O) groups excluding carboxylic acids is 1. The van der Waals surface area contributed by atoms with Crippen molar-refractivity contribution < 1.29 is 19.1 Å². The van der Waals surface area contributed by atoms with Crippen molar-refractivity contribution in [3.8, 4) is 5.69 Å². The number of carboxylic acids is 1. The Labute approximate surface area is 230 Å². The second-order valence-corrected chi connectivity index (χ2v) is 9.57. The highest BCUT2D eigenvalue weighted by atomic mass is 19.1. The van der Waals surface area contributed by atoms with Gasteiger partial charge in [-0.1, -0.05) is 31.2 Å². The maximum atomic E-state index is 13.8. The van der Waals surface area contributed by atoms with Gasteiger partial charge in [-0.15, -0.1) is 0 Å². The predicted octanol–water partition coefficient (Wildman–Crippen LogP) is 4.80. The van der Waals surface area contributed by atoms with E-state index in [2.05, 4.69) is 25.6 Å². The number of hydrogen-bond donors (Lipinski definition) is 4. The molecule has 0 bridgehead atoms. The highest BCUT2D eigenvalue weighted by Gasteiger charge is 2.24. The summed E-state index contributed by atoms with van der Waals surface area (Å²) in [6.07, 6.45) is 4.16. The first-order valence-corrected chi connectivity index (χ1v) is 12.9. The lowest BCUT2D eigenvalue weighted by Crippen LogP contribution is -2.42. The first kappa shape index (κ1) is 26.6. The van der Waals surface area contributed by atoms with Crippen LogP contribution in [-0.4, -0.2) is 42.5 Å². The SMILES string of the molecule is CCc1cc(F)cc(C)c1C(=O)NC(Cc1ccc(-n2cnc(CNc3nc4ccccc4[nH]3)c2)cc1)C(=O)O. The van der Waals surface area contributed by atoms with Crippen LogP contribution in [0.25, 0.3) is 16.7 Å². The Balaban J connectivity index is 1.22. The lowest BCUT2D eigenvalue weighted by Gasteiger charge is -2.18. The zero-order chi connectivity index (χ0) is 28.2. The highest BCUT2D eigenvalue weighted by Crippen LogP contribution is 2.19. The maximum absolute atomic E-state index is 13.8. The summed E-state index contributed by atoms with van der Waals surface area (Å²) in [6, 6.07) is 16.6. The Bertz CT molecular complexity index is 1640. The summed E-state index contributed by atoms with van der Waals surface area (Å²) in [5.41, 5.74) is 5.59. The van der Waals surface area contributed by atoms with Gasteiger partial charge in [0.15, 0.2) is 0 Å². The van der Waals surface area contributed by atoms with E-state index < -0.39 is 23.7 Å². The zero-order valence-corrected chi connectivity index (χ0v) is 22.1. The lowest BCUT2D eigenvalue weighted by atomic mass is 9.98. The molecule has 2 heterocycles. The number of aromatic nitrogens is 4. The molecule has 0 aliphatic rings. The van der Waals surface area contributed by atoms with E-state index >= 15 is 0 Å². The smallest absolute Gasteiger partial charge is 0.326 e. The molecule has 0 saturated carbocycles. The van der Waals surface area contributed by atoms with Crippen LogP contribution >= 0.6 is 0 Å². The van der Waals surface area contributed by atoms with Gasteiger partial charge in [0.05, 0.1) is 29.6 Å². The quantitative estimate of drug-likeness (QED) is 0.202. The minimum absolute atomic E-state index is 0.0969. The van der Waals surface area contributed by atoms with Gasteiger partial charge in [0.1, 0.15) is 11.9 Å². The van der Waals surface area contributed by atoms with E-state index in [9.17, 15) is 19.1 Å². The molecule has 3 aromatic carbocycles. The lowest BCUT2D eigenvalue weighted by molar-refractivity contribution is -0.139. The Hall–Kier alpha value is -4.99. The molecule has 0 spiro atoms. The van der Waals surface area contributed by atoms with Crippen LogP contribution in [0.2, 0.25) is 0 Å². The van der Waals surface area contributed by atoms with Gasteiger partial charge < -0.3 is 25.3 Å². The van der Waals surface area contributed by atoms with Crippen LogP contribution in [0.15, 0.2) is 73.2 Å². The number of carbonyl (C=O) groups is 2. The van der Waals surface area contributed by atoms with Crippen molar-refractivity contribution in [1.82, 2.24) is 24.8 Å². The van der Waals surface area contributed by atoms with Gasteiger partial charge in [0.25, 0.3) is 5.91 Å². The molecule has 4 N–H and O–H groups in total. The number of halogens is 1. The van der Waals surface area contributed by atoms with E-state index in [-0.39, 0.29) is 6.42 Å². The molecule has 204 valence electrons. The topological polar surface area (TPSA) is 125 Å². The molecule has 0 fully saturated rings. The molecule has 0 aliphatic heterocycles. The number of hydrogen-bond acceptors (Lipinski definition) is 5. The van der Waals surface area contributed by atoms with Crippen LogP contribution in [0.3, 0.4) is 0 Å². The van der Waals surface area contributed by atoms with Crippen LogP contribution in [0.5, 0.6) is 0 Å². The van der Waals surface area contributed by atoms with Gasteiger partial charge in [-0.2, -0.15) is 0 Å². The normalized spacial score (nSPS) is 11.9. The van der Waals surface area contributed by atoms with Crippen molar-refractivity contribution in [1.29, 1.82) is 0 Å². The van der Waals surface area contributed by atoms with Gasteiger partial charge >= 0.3 is 5.97 Å². The molecule has 5 rings (SSSR count). The van der Waals surface area contributed by atoms with Crippen LogP contribution in [0.1, 0.15) is 39.7 Å². The summed E-state index contributed by atoms with van der Waals surface area (Å²) in [5.74, 6) is -1.43. The fourth-order valence-corrected chi connectivity index (χ4v) is 4.69. The molecule has 40 heavy (non-hydrogen) atoms. The average molecular weight is 541 g/mol. The van der Waals surface area contributed by atoms with Crippen LogP contribution in [0.4, 0.5) is 10.3 Å². The molecule has 0 saturated heterocycles. The minimum Gasteiger partial charge on any atom is -0.480 e. The van der Waals surface area contributed by atoms with E-state index in [4.69, 9.17) is 0 Å². The van der Waals surface area contributed by atoms with Crippen molar-refractivity contribution in [2.24, 2.45) is 0 Å². The monoisotopic (exact) mass is 540 g/mol. The maximum Gasteiger partial charge on any atom is 0.326 e. The molecule has 5 aromatic rings. The van der Waals surface area contributed by atoms with E-state index in [1.54, 1.807) is 13.3 Å². The fraction of sp³-hybridized carbons (Fsp3) is 0.200. The third-order valence-electron chi connectivity index (χ3n) is 6.73. The Morgan fingerprint density at radius 2 is 1.90 bits per heavy atom. The van der Waals surface area contributed by atoms with Crippen LogP contribution in [-0.2, 0) is 24.2 Å². The number of aliphatic carboxylic acids is 1. The first-order chi connectivity index (χ1) is 19.3. The number of H-pyrrole nitrogens is 1. The second-order valence-electron chi connectivity index (χ2n) is 9.57. The van der Waals surface area contributed by atoms with Crippen LogP contribution < -0.4 is 10.6 Å². The number of fused-ring (bicyclic) bond motifs is 1. The Morgan fingerprint density at radius 1 is 1.12 bits per heavy atom. The van der Waals surface area contributed by atoms with E-state index in [1.165, 1.54) is 12.1 Å². The molecule has 0 aliphatic carbocycles. The Kier molecular flexibility index (Phi) is 7.59. The molecule has 1 unspecified atom stereocenters. The summed E-state index contributed by atoms with van der Waals surface area (Å²) in [4.78, 5) is 37.1. The molecule has 2 aromatic heterocycles. The standard InChI is InChI=1S/C30H29FN6O3/c1-3-20-14-21(31)12-18(2)27(20)28(38)34-26(29(39)40)13-19-8-10-23(11-9-19)37-16-22(33-17-37)15-32-30-35-24-6-4-5-7-25(24)36-30/h4-12,14,16-17,26H,3,13,15H2,1-2H3,(H,34,38)(H,39,40)(H2,32,35,36). The number of aromatic amines is 1. The van der Waals surface area contributed by atoms with Crippen molar-refractivity contribution in [2.45, 2.75) is 39.3 Å². The van der Waals surface area contributed by atoms with Crippen molar-refractivity contribution >= 4 is 28.9 Å². The molecule has 1 amide bonds. The number of amides is 1. The summed E-state index contributed by atoms with van der Waals surface area (Å²) in [5, 5.41) is 15.6. The number of anilines is 1. The predicted molar refractivity (Wildman–Crippen MR) is 150 cm³/mol. The van der Waals surface area contributed by atoms with Crippen LogP contribution in [0, 0.1) is 12.7 Å².